The fourth-order valence-corrected chi connectivity index (χ4v) is 2.32. The van der Waals surface area contributed by atoms with Crippen LogP contribution < -0.4 is 4.31 Å². The maximum Gasteiger partial charge on any atom is 0.516 e. The minimum absolute atomic E-state index is 0.0227. The lowest BCUT2D eigenvalue weighted by Crippen LogP contribution is -2.38. The van der Waals surface area contributed by atoms with Crippen LogP contribution >= 0.6 is 15.9 Å². The van der Waals surface area contributed by atoms with E-state index in [-0.39, 0.29) is 9.99 Å². The Labute approximate surface area is 112 Å². The third-order valence-electron chi connectivity index (χ3n) is 2.44. The number of benzene rings is 1. The largest absolute Gasteiger partial charge is 0.516 e. The number of rotatable bonds is 2. The smallest absolute Gasteiger partial charge is 0.266 e. The Hall–Kier alpha value is -0.760. The van der Waals surface area contributed by atoms with Crippen molar-refractivity contribution in [2.75, 3.05) is 11.4 Å². The Morgan fingerprint density at radius 1 is 1.17 bits per heavy atom. The van der Waals surface area contributed by atoms with E-state index in [9.17, 15) is 21.6 Å². The lowest BCUT2D eigenvalue weighted by Gasteiger charge is -2.22. The molecule has 0 heterocycles. The van der Waals surface area contributed by atoms with Crippen molar-refractivity contribution < 1.29 is 21.6 Å². The Morgan fingerprint density at radius 3 is 1.89 bits per heavy atom. The molecule has 1 aromatic carbocycles. The molecule has 0 aliphatic heterocycles. The minimum atomic E-state index is -5.36. The average molecular weight is 346 g/mol. The molecule has 18 heavy (non-hydrogen) atoms. The fraction of sp³-hybridized carbons (Fsp3) is 0.400. The predicted octanol–water partition coefficient (Wildman–Crippen LogP) is 3.35. The third-order valence-corrected chi connectivity index (χ3v) is 5.21. The van der Waals surface area contributed by atoms with Gasteiger partial charge in [0.15, 0.2) is 0 Å². The van der Waals surface area contributed by atoms with E-state index in [1.807, 2.05) is 0 Å². The molecule has 0 unspecified atom stereocenters. The van der Waals surface area contributed by atoms with Gasteiger partial charge in [-0.1, -0.05) is 15.9 Å². The SMILES string of the molecule is Cc1cc(N(C)S(=O)(=O)C(F)(F)F)cc(C)c1Br. The van der Waals surface area contributed by atoms with Crippen LogP contribution in [0.5, 0.6) is 0 Å². The molecule has 3 nitrogen and oxygen atoms in total. The van der Waals surface area contributed by atoms with Crippen LogP contribution in [0.25, 0.3) is 0 Å². The van der Waals surface area contributed by atoms with E-state index in [1.54, 1.807) is 13.8 Å². The van der Waals surface area contributed by atoms with Crippen molar-refractivity contribution in [2.24, 2.45) is 0 Å². The number of anilines is 1. The maximum atomic E-state index is 12.4. The number of nitrogens with zero attached hydrogens (tertiary/aromatic N) is 1. The van der Waals surface area contributed by atoms with Gasteiger partial charge >= 0.3 is 15.5 Å². The molecule has 0 atom stereocenters. The lowest BCUT2D eigenvalue weighted by atomic mass is 10.1. The van der Waals surface area contributed by atoms with E-state index in [4.69, 9.17) is 0 Å². The number of halogens is 4. The standard InChI is InChI=1S/C10H11BrF3NO2S/c1-6-4-8(5-7(2)9(6)11)15(3)18(16,17)10(12,13)14/h4-5H,1-3H3. The molecular weight excluding hydrogens is 335 g/mol. The van der Waals surface area contributed by atoms with Crippen molar-refractivity contribution in [2.45, 2.75) is 19.4 Å². The molecule has 102 valence electrons. The summed E-state index contributed by atoms with van der Waals surface area (Å²) in [6.45, 7) is 3.35. The Bertz CT molecular complexity index is 546. The zero-order valence-electron chi connectivity index (χ0n) is 9.84. The van der Waals surface area contributed by atoms with Crippen LogP contribution in [0.1, 0.15) is 11.1 Å². The molecule has 0 aliphatic rings. The van der Waals surface area contributed by atoms with Gasteiger partial charge in [0.1, 0.15) is 0 Å². The monoisotopic (exact) mass is 345 g/mol. The van der Waals surface area contributed by atoms with Crippen molar-refractivity contribution in [1.82, 2.24) is 0 Å². The van der Waals surface area contributed by atoms with Gasteiger partial charge in [-0.25, -0.2) is 0 Å². The molecule has 0 saturated carbocycles. The average Bonchev–Trinajstić information content (AvgIpc) is 2.22. The van der Waals surface area contributed by atoms with Gasteiger partial charge in [-0.05, 0) is 37.1 Å². The van der Waals surface area contributed by atoms with Crippen molar-refractivity contribution in [3.63, 3.8) is 0 Å². The van der Waals surface area contributed by atoms with E-state index >= 15 is 0 Å². The van der Waals surface area contributed by atoms with Gasteiger partial charge in [0.05, 0.1) is 5.69 Å². The predicted molar refractivity (Wildman–Crippen MR) is 67.0 cm³/mol. The molecular formula is C10H11BrF3NO2S. The third kappa shape index (κ3) is 2.64. The van der Waals surface area contributed by atoms with Crippen molar-refractivity contribution in [1.29, 1.82) is 0 Å². The van der Waals surface area contributed by atoms with E-state index < -0.39 is 15.5 Å². The second kappa shape index (κ2) is 4.73. The molecule has 1 aromatic rings. The van der Waals surface area contributed by atoms with Crippen molar-refractivity contribution >= 4 is 31.6 Å². The second-order valence-corrected chi connectivity index (χ2v) is 6.57. The summed E-state index contributed by atoms with van der Waals surface area (Å²) < 4.78 is 60.7. The summed E-state index contributed by atoms with van der Waals surface area (Å²) in [6, 6.07) is 2.75. The topological polar surface area (TPSA) is 37.4 Å². The van der Waals surface area contributed by atoms with Crippen LogP contribution in [0.2, 0.25) is 0 Å². The Balaban J connectivity index is 3.33. The summed E-state index contributed by atoms with van der Waals surface area (Å²) in [5.41, 5.74) is -4.01. The molecule has 0 N–H and O–H groups in total. The number of alkyl halides is 3. The second-order valence-electron chi connectivity index (χ2n) is 3.81. The van der Waals surface area contributed by atoms with E-state index in [0.29, 0.717) is 11.1 Å². The van der Waals surface area contributed by atoms with Crippen LogP contribution in [0.4, 0.5) is 18.9 Å². The first kappa shape index (κ1) is 15.3. The number of hydrogen-bond acceptors (Lipinski definition) is 2. The number of hydrogen-bond donors (Lipinski definition) is 0. The van der Waals surface area contributed by atoms with Gasteiger partial charge in [-0.2, -0.15) is 21.6 Å². The van der Waals surface area contributed by atoms with Gasteiger partial charge in [0.2, 0.25) is 0 Å². The first-order chi connectivity index (χ1) is 7.98. The highest BCUT2D eigenvalue weighted by atomic mass is 79.9. The van der Waals surface area contributed by atoms with Gasteiger partial charge < -0.3 is 0 Å². The molecule has 0 radical (unpaired) electrons. The van der Waals surface area contributed by atoms with Gasteiger partial charge in [0.25, 0.3) is 0 Å². The quantitative estimate of drug-likeness (QED) is 0.824. The zero-order valence-corrected chi connectivity index (χ0v) is 12.2. The summed E-state index contributed by atoms with van der Waals surface area (Å²) >= 11 is 3.26. The van der Waals surface area contributed by atoms with Crippen LogP contribution in [-0.2, 0) is 10.0 Å². The maximum absolute atomic E-state index is 12.4. The minimum Gasteiger partial charge on any atom is -0.266 e. The molecule has 0 saturated heterocycles. The van der Waals surface area contributed by atoms with Gasteiger partial charge in [0, 0.05) is 11.5 Å². The number of sulfonamides is 1. The van der Waals surface area contributed by atoms with Gasteiger partial charge in [-0.15, -0.1) is 0 Å². The van der Waals surface area contributed by atoms with Crippen molar-refractivity contribution in [3.05, 3.63) is 27.7 Å². The van der Waals surface area contributed by atoms with E-state index in [0.717, 1.165) is 11.5 Å². The van der Waals surface area contributed by atoms with Gasteiger partial charge in [-0.3, -0.25) is 4.31 Å². The summed E-state index contributed by atoms with van der Waals surface area (Å²) in [6.07, 6.45) is 0. The fourth-order valence-electron chi connectivity index (χ4n) is 1.40. The molecule has 0 fully saturated rings. The Morgan fingerprint density at radius 2 is 1.56 bits per heavy atom. The first-order valence-corrected chi connectivity index (χ1v) is 7.03. The Kier molecular flexibility index (Phi) is 4.02. The van der Waals surface area contributed by atoms with Crippen molar-refractivity contribution in [3.8, 4) is 0 Å². The van der Waals surface area contributed by atoms with Crippen LogP contribution in [-0.4, -0.2) is 21.0 Å². The normalized spacial score (nSPS) is 12.6. The highest BCUT2D eigenvalue weighted by molar-refractivity contribution is 9.10. The lowest BCUT2D eigenvalue weighted by molar-refractivity contribution is -0.0437. The molecule has 0 spiro atoms. The number of aryl methyl sites for hydroxylation is 2. The van der Waals surface area contributed by atoms with E-state index in [2.05, 4.69) is 15.9 Å². The van der Waals surface area contributed by atoms with E-state index in [1.165, 1.54) is 12.1 Å². The summed E-state index contributed by atoms with van der Waals surface area (Å²) in [5.74, 6) is 0. The summed E-state index contributed by atoms with van der Waals surface area (Å²) in [7, 11) is -4.48. The van der Waals surface area contributed by atoms with Crippen LogP contribution in [0, 0.1) is 13.8 Å². The first-order valence-electron chi connectivity index (χ1n) is 4.80. The zero-order chi connectivity index (χ0) is 14.3. The molecule has 8 heteroatoms. The molecule has 0 aromatic heterocycles. The molecule has 0 amide bonds. The summed E-state index contributed by atoms with van der Waals surface area (Å²) in [5, 5.41) is 0. The molecule has 0 bridgehead atoms. The van der Waals surface area contributed by atoms with Crippen LogP contribution in [0.3, 0.4) is 0 Å². The van der Waals surface area contributed by atoms with Crippen LogP contribution in [0.15, 0.2) is 16.6 Å². The molecule has 1 rings (SSSR count). The summed E-state index contributed by atoms with van der Waals surface area (Å²) in [4.78, 5) is 0. The molecule has 0 aliphatic carbocycles. The highest BCUT2D eigenvalue weighted by Crippen LogP contribution is 2.32. The highest BCUT2D eigenvalue weighted by Gasteiger charge is 2.49.